The average Bonchev–Trinajstić information content (AvgIpc) is 3.07. The largest absolute Gasteiger partial charge is 0.304 e. The summed E-state index contributed by atoms with van der Waals surface area (Å²) in [4.78, 5) is 5.16. The molecular weight excluding hydrogens is 320 g/mol. The molecule has 2 heterocycles. The highest BCUT2D eigenvalue weighted by Crippen LogP contribution is 2.18. The summed E-state index contributed by atoms with van der Waals surface area (Å²) in [7, 11) is 2.27. The first kappa shape index (κ1) is 18.2. The van der Waals surface area contributed by atoms with Gasteiger partial charge in [-0.2, -0.15) is 0 Å². The van der Waals surface area contributed by atoms with Gasteiger partial charge in [0.2, 0.25) is 0 Å². The van der Waals surface area contributed by atoms with Gasteiger partial charge in [0.15, 0.2) is 0 Å². The Morgan fingerprint density at radius 1 is 1.21 bits per heavy atom. The first-order chi connectivity index (χ1) is 11.7. The van der Waals surface area contributed by atoms with Crippen LogP contribution < -0.4 is 10.9 Å². The van der Waals surface area contributed by atoms with Crippen molar-refractivity contribution in [2.24, 2.45) is 5.92 Å². The SMILES string of the molecule is CN(CC1CCCN(CCc2ccc(Cl)cc2)C1)CC1CCNN1. The fourth-order valence-electron chi connectivity index (χ4n) is 4.01. The maximum absolute atomic E-state index is 5.97. The minimum absolute atomic E-state index is 0.611. The van der Waals surface area contributed by atoms with E-state index < -0.39 is 0 Å². The molecule has 2 atom stereocenters. The molecule has 4 nitrogen and oxygen atoms in total. The third-order valence-corrected chi connectivity index (χ3v) is 5.51. The number of nitrogens with zero attached hydrogens (tertiary/aromatic N) is 2. The van der Waals surface area contributed by atoms with Gasteiger partial charge >= 0.3 is 0 Å². The van der Waals surface area contributed by atoms with E-state index in [4.69, 9.17) is 11.6 Å². The van der Waals surface area contributed by atoms with E-state index in [0.29, 0.717) is 6.04 Å². The van der Waals surface area contributed by atoms with Crippen LogP contribution in [-0.4, -0.2) is 62.2 Å². The fourth-order valence-corrected chi connectivity index (χ4v) is 4.13. The first-order valence-electron chi connectivity index (χ1n) is 9.33. The van der Waals surface area contributed by atoms with E-state index in [1.165, 1.54) is 44.5 Å². The molecule has 3 rings (SSSR count). The molecule has 0 aliphatic carbocycles. The summed E-state index contributed by atoms with van der Waals surface area (Å²) in [6.45, 7) is 7.12. The van der Waals surface area contributed by atoms with Gasteiger partial charge in [-0.15, -0.1) is 0 Å². The zero-order valence-electron chi connectivity index (χ0n) is 14.8. The van der Waals surface area contributed by atoms with Gasteiger partial charge < -0.3 is 9.80 Å². The summed E-state index contributed by atoms with van der Waals surface area (Å²) < 4.78 is 0. The molecule has 0 amide bonds. The zero-order chi connectivity index (χ0) is 16.8. The van der Waals surface area contributed by atoms with Gasteiger partial charge in [0.05, 0.1) is 0 Å². The van der Waals surface area contributed by atoms with Crippen molar-refractivity contribution in [1.29, 1.82) is 0 Å². The molecule has 0 radical (unpaired) electrons. The Bertz CT molecular complexity index is 487. The number of likely N-dealkylation sites (N-methyl/N-ethyl adjacent to an activating group) is 1. The molecule has 2 saturated heterocycles. The van der Waals surface area contributed by atoms with E-state index in [-0.39, 0.29) is 0 Å². The summed E-state index contributed by atoms with van der Waals surface area (Å²) in [6, 6.07) is 8.91. The van der Waals surface area contributed by atoms with Crippen molar-refractivity contribution >= 4 is 11.6 Å². The Balaban J connectivity index is 1.39. The average molecular weight is 351 g/mol. The van der Waals surface area contributed by atoms with Crippen molar-refractivity contribution in [2.75, 3.05) is 46.3 Å². The number of benzene rings is 1. The Morgan fingerprint density at radius 2 is 2.04 bits per heavy atom. The lowest BCUT2D eigenvalue weighted by Crippen LogP contribution is -2.44. The maximum atomic E-state index is 5.97. The monoisotopic (exact) mass is 350 g/mol. The summed E-state index contributed by atoms with van der Waals surface area (Å²) in [5, 5.41) is 0.826. The molecule has 0 saturated carbocycles. The molecule has 2 unspecified atom stereocenters. The lowest BCUT2D eigenvalue weighted by Gasteiger charge is -2.35. The van der Waals surface area contributed by atoms with E-state index in [9.17, 15) is 0 Å². The predicted molar refractivity (Wildman–Crippen MR) is 101 cm³/mol. The van der Waals surface area contributed by atoms with Crippen molar-refractivity contribution in [3.05, 3.63) is 34.9 Å². The van der Waals surface area contributed by atoms with E-state index in [1.807, 2.05) is 12.1 Å². The standard InChI is InChI=1S/C19H31ClN4/c1-23(15-19-8-10-21-22-19)13-17-3-2-11-24(14-17)12-9-16-4-6-18(20)7-5-16/h4-7,17,19,21-22H,2-3,8-15H2,1H3. The van der Waals surface area contributed by atoms with Gasteiger partial charge in [0.1, 0.15) is 0 Å². The first-order valence-corrected chi connectivity index (χ1v) is 9.70. The lowest BCUT2D eigenvalue weighted by atomic mass is 9.97. The summed E-state index contributed by atoms with van der Waals surface area (Å²) >= 11 is 5.97. The number of likely N-dealkylation sites (tertiary alicyclic amines) is 1. The summed E-state index contributed by atoms with van der Waals surface area (Å²) in [6.07, 6.45) is 5.07. The van der Waals surface area contributed by atoms with E-state index in [2.05, 4.69) is 39.8 Å². The van der Waals surface area contributed by atoms with Gasteiger partial charge in [-0.1, -0.05) is 23.7 Å². The molecule has 134 valence electrons. The van der Waals surface area contributed by atoms with Crippen molar-refractivity contribution < 1.29 is 0 Å². The molecule has 0 spiro atoms. The van der Waals surface area contributed by atoms with Crippen molar-refractivity contribution in [1.82, 2.24) is 20.7 Å². The summed E-state index contributed by atoms with van der Waals surface area (Å²) in [5.74, 6) is 0.809. The minimum Gasteiger partial charge on any atom is -0.304 e. The zero-order valence-corrected chi connectivity index (χ0v) is 15.6. The number of hydrazine groups is 1. The fraction of sp³-hybridized carbons (Fsp3) is 0.684. The van der Waals surface area contributed by atoms with Gasteiger partial charge in [-0.25, -0.2) is 0 Å². The van der Waals surface area contributed by atoms with Crippen LogP contribution in [0.3, 0.4) is 0 Å². The van der Waals surface area contributed by atoms with Crippen LogP contribution in [0.1, 0.15) is 24.8 Å². The quantitative estimate of drug-likeness (QED) is 0.790. The Kier molecular flexibility index (Phi) is 6.93. The van der Waals surface area contributed by atoms with Gasteiger partial charge in [0.25, 0.3) is 0 Å². The predicted octanol–water partition coefficient (Wildman–Crippen LogP) is 2.39. The molecule has 0 bridgehead atoms. The number of rotatable bonds is 7. The van der Waals surface area contributed by atoms with Crippen LogP contribution >= 0.6 is 11.6 Å². The van der Waals surface area contributed by atoms with E-state index in [0.717, 1.165) is 37.0 Å². The van der Waals surface area contributed by atoms with E-state index >= 15 is 0 Å². The van der Waals surface area contributed by atoms with Gasteiger partial charge in [0, 0.05) is 43.8 Å². The van der Waals surface area contributed by atoms with Crippen LogP contribution in [-0.2, 0) is 6.42 Å². The van der Waals surface area contributed by atoms with Crippen LogP contribution in [0.15, 0.2) is 24.3 Å². The molecular formula is C19H31ClN4. The highest BCUT2D eigenvalue weighted by molar-refractivity contribution is 6.30. The Labute approximate surface area is 151 Å². The smallest absolute Gasteiger partial charge is 0.0406 e. The van der Waals surface area contributed by atoms with Gasteiger partial charge in [-0.3, -0.25) is 10.9 Å². The molecule has 2 aliphatic rings. The highest BCUT2D eigenvalue weighted by Gasteiger charge is 2.22. The molecule has 1 aromatic rings. The number of hydrogen-bond acceptors (Lipinski definition) is 4. The Hall–Kier alpha value is -0.650. The molecule has 2 aliphatic heterocycles. The second kappa shape index (κ2) is 9.16. The second-order valence-electron chi connectivity index (χ2n) is 7.46. The van der Waals surface area contributed by atoms with Crippen LogP contribution in [0.2, 0.25) is 5.02 Å². The molecule has 2 N–H and O–H groups in total. The third kappa shape index (κ3) is 5.71. The Morgan fingerprint density at radius 3 is 2.79 bits per heavy atom. The van der Waals surface area contributed by atoms with Crippen LogP contribution in [0, 0.1) is 5.92 Å². The molecule has 24 heavy (non-hydrogen) atoms. The maximum Gasteiger partial charge on any atom is 0.0406 e. The van der Waals surface area contributed by atoms with Crippen molar-refractivity contribution in [3.63, 3.8) is 0 Å². The highest BCUT2D eigenvalue weighted by atomic mass is 35.5. The molecule has 5 heteroatoms. The minimum atomic E-state index is 0.611. The number of piperidine rings is 1. The third-order valence-electron chi connectivity index (χ3n) is 5.26. The topological polar surface area (TPSA) is 30.5 Å². The van der Waals surface area contributed by atoms with E-state index in [1.54, 1.807) is 0 Å². The normalized spacial score (nSPS) is 25.5. The number of nitrogens with one attached hydrogen (secondary N) is 2. The molecule has 0 aromatic heterocycles. The van der Waals surface area contributed by atoms with Crippen LogP contribution in [0.25, 0.3) is 0 Å². The lowest BCUT2D eigenvalue weighted by molar-refractivity contribution is 0.141. The van der Waals surface area contributed by atoms with Crippen LogP contribution in [0.5, 0.6) is 0 Å². The van der Waals surface area contributed by atoms with Crippen molar-refractivity contribution in [2.45, 2.75) is 31.7 Å². The molecule has 2 fully saturated rings. The summed E-state index contributed by atoms with van der Waals surface area (Å²) in [5.41, 5.74) is 7.98. The van der Waals surface area contributed by atoms with Gasteiger partial charge in [-0.05, 0) is 62.9 Å². The number of hydrogen-bond donors (Lipinski definition) is 2. The second-order valence-corrected chi connectivity index (χ2v) is 7.90. The molecule has 1 aromatic carbocycles. The van der Waals surface area contributed by atoms with Crippen LogP contribution in [0.4, 0.5) is 0 Å². The van der Waals surface area contributed by atoms with Crippen molar-refractivity contribution in [3.8, 4) is 0 Å². The number of halogens is 1.